The van der Waals surface area contributed by atoms with Crippen LogP contribution in [0.2, 0.25) is 0 Å². The minimum absolute atomic E-state index is 0.0530. The maximum Gasteiger partial charge on any atom is 0.269 e. The first-order valence-corrected chi connectivity index (χ1v) is 5.82. The van der Waals surface area contributed by atoms with E-state index in [9.17, 15) is 10.1 Å². The van der Waals surface area contributed by atoms with Gasteiger partial charge in [-0.15, -0.1) is 0 Å². The van der Waals surface area contributed by atoms with Gasteiger partial charge in [0.1, 0.15) is 12.4 Å². The number of hydrogen-bond donors (Lipinski definition) is 2. The summed E-state index contributed by atoms with van der Waals surface area (Å²) in [5, 5.41) is 22.4. The zero-order chi connectivity index (χ0) is 13.4. The van der Waals surface area contributed by atoms with Crippen LogP contribution in [-0.2, 0) is 0 Å². The van der Waals surface area contributed by atoms with Gasteiger partial charge in [-0.3, -0.25) is 10.1 Å². The molecule has 0 bridgehead atoms. The minimum Gasteiger partial charge on any atom is -0.492 e. The molecule has 0 aliphatic heterocycles. The lowest BCUT2D eigenvalue weighted by Crippen LogP contribution is -2.27. The molecule has 1 rings (SSSR count). The van der Waals surface area contributed by atoms with Crippen LogP contribution >= 0.6 is 0 Å². The van der Waals surface area contributed by atoms with E-state index in [0.29, 0.717) is 18.9 Å². The maximum absolute atomic E-state index is 10.4. The molecule has 2 N–H and O–H groups in total. The van der Waals surface area contributed by atoms with Crippen LogP contribution < -0.4 is 10.1 Å². The quantitative estimate of drug-likeness (QED) is 0.413. The zero-order valence-electron chi connectivity index (χ0n) is 10.3. The molecule has 18 heavy (non-hydrogen) atoms. The summed E-state index contributed by atoms with van der Waals surface area (Å²) in [7, 11) is 0. The molecule has 0 aliphatic rings. The predicted molar refractivity (Wildman–Crippen MR) is 67.7 cm³/mol. The van der Waals surface area contributed by atoms with Gasteiger partial charge in [-0.2, -0.15) is 0 Å². The fraction of sp³-hybridized carbons (Fsp3) is 0.500. The van der Waals surface area contributed by atoms with Crippen molar-refractivity contribution in [1.29, 1.82) is 0 Å². The summed E-state index contributed by atoms with van der Waals surface area (Å²) in [5.74, 6) is 0.835. The number of rotatable bonds is 8. The normalized spacial score (nSPS) is 12.1. The smallest absolute Gasteiger partial charge is 0.269 e. The highest BCUT2D eigenvalue weighted by Gasteiger charge is 2.04. The van der Waals surface area contributed by atoms with Crippen LogP contribution in [0.15, 0.2) is 24.3 Å². The molecule has 0 saturated carbocycles. The highest BCUT2D eigenvalue weighted by Crippen LogP contribution is 2.16. The van der Waals surface area contributed by atoms with E-state index in [-0.39, 0.29) is 18.2 Å². The Morgan fingerprint density at radius 3 is 2.67 bits per heavy atom. The fourth-order valence-corrected chi connectivity index (χ4v) is 1.32. The van der Waals surface area contributed by atoms with Crippen LogP contribution in [0, 0.1) is 16.0 Å². The van der Waals surface area contributed by atoms with Gasteiger partial charge in [0.25, 0.3) is 5.69 Å². The van der Waals surface area contributed by atoms with Crippen molar-refractivity contribution < 1.29 is 14.8 Å². The summed E-state index contributed by atoms with van der Waals surface area (Å²) in [5.41, 5.74) is 0.0530. The monoisotopic (exact) mass is 254 g/mol. The van der Waals surface area contributed by atoms with Crippen molar-refractivity contribution in [3.05, 3.63) is 34.4 Å². The molecule has 1 aromatic rings. The first-order valence-electron chi connectivity index (χ1n) is 5.82. The van der Waals surface area contributed by atoms with Crippen LogP contribution in [0.4, 0.5) is 5.69 Å². The van der Waals surface area contributed by atoms with Gasteiger partial charge < -0.3 is 15.2 Å². The molecule has 0 amide bonds. The fourth-order valence-electron chi connectivity index (χ4n) is 1.32. The molecule has 0 radical (unpaired) electrons. The number of nitro groups is 1. The van der Waals surface area contributed by atoms with Gasteiger partial charge >= 0.3 is 0 Å². The number of benzene rings is 1. The van der Waals surface area contributed by atoms with E-state index in [0.717, 1.165) is 6.54 Å². The van der Waals surface area contributed by atoms with Gasteiger partial charge in [0.05, 0.1) is 4.92 Å². The Bertz CT molecular complexity index is 367. The van der Waals surface area contributed by atoms with Crippen LogP contribution in [0.5, 0.6) is 5.75 Å². The Kier molecular flexibility index (Phi) is 6.10. The second-order valence-corrected chi connectivity index (χ2v) is 4.09. The summed E-state index contributed by atoms with van der Waals surface area (Å²) in [6.45, 7) is 4.00. The number of non-ortho nitro benzene ring substituents is 1. The molecule has 0 heterocycles. The van der Waals surface area contributed by atoms with E-state index in [4.69, 9.17) is 9.84 Å². The van der Waals surface area contributed by atoms with E-state index in [1.54, 1.807) is 12.1 Å². The third kappa shape index (κ3) is 5.11. The van der Waals surface area contributed by atoms with Crippen molar-refractivity contribution in [3.63, 3.8) is 0 Å². The largest absolute Gasteiger partial charge is 0.492 e. The zero-order valence-corrected chi connectivity index (χ0v) is 10.3. The third-order valence-electron chi connectivity index (χ3n) is 2.40. The second kappa shape index (κ2) is 7.62. The lowest BCUT2D eigenvalue weighted by atomic mass is 10.2. The van der Waals surface area contributed by atoms with Crippen LogP contribution in [-0.4, -0.2) is 36.3 Å². The molecule has 6 heteroatoms. The molecule has 1 unspecified atom stereocenters. The Morgan fingerprint density at radius 1 is 1.44 bits per heavy atom. The Hall–Kier alpha value is -1.66. The van der Waals surface area contributed by atoms with Gasteiger partial charge in [-0.25, -0.2) is 0 Å². The Labute approximate surface area is 106 Å². The van der Waals surface area contributed by atoms with E-state index in [1.165, 1.54) is 12.1 Å². The second-order valence-electron chi connectivity index (χ2n) is 4.09. The minimum atomic E-state index is -0.443. The lowest BCUT2D eigenvalue weighted by Gasteiger charge is -2.10. The number of nitrogens with zero attached hydrogens (tertiary/aromatic N) is 1. The molecule has 1 aromatic carbocycles. The Balaban J connectivity index is 2.21. The van der Waals surface area contributed by atoms with Crippen molar-refractivity contribution >= 4 is 5.69 Å². The molecule has 0 aliphatic carbocycles. The van der Waals surface area contributed by atoms with Gasteiger partial charge in [0, 0.05) is 31.8 Å². The number of aliphatic hydroxyl groups is 1. The average molecular weight is 254 g/mol. The number of hydrogen-bond acceptors (Lipinski definition) is 5. The Morgan fingerprint density at radius 2 is 2.11 bits per heavy atom. The van der Waals surface area contributed by atoms with Crippen LogP contribution in [0.3, 0.4) is 0 Å². The number of nitro benzene ring substituents is 1. The summed E-state index contributed by atoms with van der Waals surface area (Å²) in [6, 6.07) is 5.98. The van der Waals surface area contributed by atoms with E-state index in [1.807, 2.05) is 6.92 Å². The first kappa shape index (κ1) is 14.4. The molecule has 0 fully saturated rings. The highest BCUT2D eigenvalue weighted by atomic mass is 16.6. The summed E-state index contributed by atoms with van der Waals surface area (Å²) in [6.07, 6.45) is 0. The van der Waals surface area contributed by atoms with Crippen LogP contribution in [0.25, 0.3) is 0 Å². The van der Waals surface area contributed by atoms with Crippen molar-refractivity contribution in [2.75, 3.05) is 26.3 Å². The highest BCUT2D eigenvalue weighted by molar-refractivity contribution is 5.35. The number of aliphatic hydroxyl groups excluding tert-OH is 1. The van der Waals surface area contributed by atoms with Crippen molar-refractivity contribution in [2.24, 2.45) is 5.92 Å². The van der Waals surface area contributed by atoms with Crippen molar-refractivity contribution in [3.8, 4) is 5.75 Å². The average Bonchev–Trinajstić information content (AvgIpc) is 2.38. The van der Waals surface area contributed by atoms with Gasteiger partial charge in [0.15, 0.2) is 0 Å². The molecular weight excluding hydrogens is 236 g/mol. The molecule has 1 atom stereocenters. The SMILES string of the molecule is CC(CO)CNCCOc1ccc([N+](=O)[O-])cc1. The molecule has 6 nitrogen and oxygen atoms in total. The molecule has 100 valence electrons. The lowest BCUT2D eigenvalue weighted by molar-refractivity contribution is -0.384. The van der Waals surface area contributed by atoms with Gasteiger partial charge in [-0.05, 0) is 18.1 Å². The molecule has 0 spiro atoms. The van der Waals surface area contributed by atoms with Crippen molar-refractivity contribution in [1.82, 2.24) is 5.32 Å². The molecule has 0 saturated heterocycles. The molecular formula is C12H18N2O4. The third-order valence-corrected chi connectivity index (χ3v) is 2.40. The number of nitrogens with one attached hydrogen (secondary N) is 1. The summed E-state index contributed by atoms with van der Waals surface area (Å²) >= 11 is 0. The molecule has 0 aromatic heterocycles. The predicted octanol–water partition coefficient (Wildman–Crippen LogP) is 1.19. The summed E-state index contributed by atoms with van der Waals surface area (Å²) in [4.78, 5) is 10.00. The van der Waals surface area contributed by atoms with Gasteiger partial charge in [0.2, 0.25) is 0 Å². The maximum atomic E-state index is 10.4. The standard InChI is InChI=1S/C12H18N2O4/c1-10(9-15)8-13-6-7-18-12-4-2-11(3-5-12)14(16)17/h2-5,10,13,15H,6-9H2,1H3. The first-order chi connectivity index (χ1) is 8.63. The van der Waals surface area contributed by atoms with Crippen molar-refractivity contribution in [2.45, 2.75) is 6.92 Å². The van der Waals surface area contributed by atoms with E-state index >= 15 is 0 Å². The topological polar surface area (TPSA) is 84.6 Å². The van der Waals surface area contributed by atoms with E-state index < -0.39 is 4.92 Å². The number of ether oxygens (including phenoxy) is 1. The summed E-state index contributed by atoms with van der Waals surface area (Å²) < 4.78 is 5.41. The van der Waals surface area contributed by atoms with E-state index in [2.05, 4.69) is 5.32 Å². The van der Waals surface area contributed by atoms with Crippen LogP contribution in [0.1, 0.15) is 6.92 Å². The van der Waals surface area contributed by atoms with Gasteiger partial charge in [-0.1, -0.05) is 6.92 Å².